The molecule has 4 rings (SSSR count). The Morgan fingerprint density at radius 3 is 2.74 bits per heavy atom. The van der Waals surface area contributed by atoms with Crippen molar-refractivity contribution >= 4 is 34.1 Å². The van der Waals surface area contributed by atoms with Gasteiger partial charge in [0.1, 0.15) is 12.3 Å². The summed E-state index contributed by atoms with van der Waals surface area (Å²) in [5.74, 6) is 0.287. The number of fused-ring (bicyclic) bond motifs is 1. The van der Waals surface area contributed by atoms with Gasteiger partial charge in [-0.3, -0.25) is 14.5 Å². The summed E-state index contributed by atoms with van der Waals surface area (Å²) in [7, 11) is 0. The Balaban J connectivity index is 1.25. The Hall–Kier alpha value is -2.91. The van der Waals surface area contributed by atoms with E-state index in [1.807, 2.05) is 18.2 Å². The van der Waals surface area contributed by atoms with Crippen LogP contribution in [0.1, 0.15) is 11.5 Å². The van der Waals surface area contributed by atoms with Gasteiger partial charge in [0.2, 0.25) is 5.91 Å². The molecule has 3 heterocycles. The monoisotopic (exact) mass is 444 g/mol. The molecule has 164 valence electrons. The minimum atomic E-state index is -0.426. The second-order valence-electron chi connectivity index (χ2n) is 7.67. The first kappa shape index (κ1) is 21.3. The minimum absolute atomic E-state index is 0.149. The van der Waals surface area contributed by atoms with Gasteiger partial charge in [0, 0.05) is 50.0 Å². The Morgan fingerprint density at radius 1 is 1.23 bits per heavy atom. The highest BCUT2D eigenvalue weighted by atomic mass is 35.5. The molecule has 1 N–H and O–H groups in total. The molecule has 0 unspecified atom stereocenters. The molecule has 0 radical (unpaired) electrons. The van der Waals surface area contributed by atoms with Crippen molar-refractivity contribution in [1.29, 1.82) is 0 Å². The van der Waals surface area contributed by atoms with Gasteiger partial charge >= 0.3 is 0 Å². The number of anilines is 1. The SMILES string of the molecule is Cc1nn(CC(=O)NCCN2CCN(c3cccc(Cl)c3)CC2)c(=O)c2noc(C)c12. The predicted molar refractivity (Wildman–Crippen MR) is 119 cm³/mol. The number of hydrogen-bond donors (Lipinski definition) is 1. The molecule has 1 amide bonds. The number of carbonyl (C=O) groups is 1. The van der Waals surface area contributed by atoms with Gasteiger partial charge in [-0.25, -0.2) is 4.68 Å². The van der Waals surface area contributed by atoms with E-state index >= 15 is 0 Å². The fourth-order valence-corrected chi connectivity index (χ4v) is 4.08. The molecule has 1 saturated heterocycles. The van der Waals surface area contributed by atoms with E-state index in [-0.39, 0.29) is 18.0 Å². The van der Waals surface area contributed by atoms with E-state index in [2.05, 4.69) is 31.4 Å². The molecule has 0 saturated carbocycles. The van der Waals surface area contributed by atoms with Crippen LogP contribution in [0.3, 0.4) is 0 Å². The van der Waals surface area contributed by atoms with Crippen LogP contribution in [0.15, 0.2) is 33.6 Å². The van der Waals surface area contributed by atoms with Gasteiger partial charge in [-0.2, -0.15) is 5.10 Å². The zero-order valence-electron chi connectivity index (χ0n) is 17.6. The van der Waals surface area contributed by atoms with Crippen LogP contribution >= 0.6 is 11.6 Å². The number of rotatable bonds is 6. The summed E-state index contributed by atoms with van der Waals surface area (Å²) in [5.41, 5.74) is 1.52. The smallest absolute Gasteiger partial charge is 0.297 e. The van der Waals surface area contributed by atoms with Crippen LogP contribution in [0, 0.1) is 13.8 Å². The first-order valence-electron chi connectivity index (χ1n) is 10.3. The molecule has 1 aliphatic rings. The van der Waals surface area contributed by atoms with Crippen molar-refractivity contribution < 1.29 is 9.32 Å². The zero-order valence-corrected chi connectivity index (χ0v) is 18.4. The summed E-state index contributed by atoms with van der Waals surface area (Å²) < 4.78 is 6.23. The number of nitrogens with one attached hydrogen (secondary N) is 1. The van der Waals surface area contributed by atoms with Crippen molar-refractivity contribution in [2.24, 2.45) is 0 Å². The van der Waals surface area contributed by atoms with Crippen molar-refractivity contribution in [1.82, 2.24) is 25.2 Å². The Morgan fingerprint density at radius 2 is 2.00 bits per heavy atom. The maximum absolute atomic E-state index is 12.5. The molecule has 9 nitrogen and oxygen atoms in total. The standard InChI is InChI=1S/C21H25ClN6O3/c1-14-19-15(2)31-25-20(19)21(30)28(24-14)13-18(29)23-6-7-26-8-10-27(11-9-26)17-5-3-4-16(22)12-17/h3-5,12H,6-11,13H2,1-2H3,(H,23,29). The van der Waals surface area contributed by atoms with E-state index in [4.69, 9.17) is 16.1 Å². The van der Waals surface area contributed by atoms with Crippen LogP contribution in [-0.2, 0) is 11.3 Å². The largest absolute Gasteiger partial charge is 0.369 e. The van der Waals surface area contributed by atoms with Crippen LogP contribution < -0.4 is 15.8 Å². The van der Waals surface area contributed by atoms with Gasteiger partial charge in [0.05, 0.1) is 11.1 Å². The molecular formula is C21H25ClN6O3. The topological polar surface area (TPSA) is 96.5 Å². The third-order valence-corrected chi connectivity index (χ3v) is 5.76. The molecule has 0 bridgehead atoms. The molecule has 1 aliphatic heterocycles. The second kappa shape index (κ2) is 9.07. The number of halogens is 1. The van der Waals surface area contributed by atoms with E-state index < -0.39 is 5.56 Å². The van der Waals surface area contributed by atoms with Crippen LogP contribution in [0.4, 0.5) is 5.69 Å². The second-order valence-corrected chi connectivity index (χ2v) is 8.11. The fourth-order valence-electron chi connectivity index (χ4n) is 3.90. The third-order valence-electron chi connectivity index (χ3n) is 5.52. The van der Waals surface area contributed by atoms with Crippen molar-refractivity contribution in [2.45, 2.75) is 20.4 Å². The summed E-state index contributed by atoms with van der Waals surface area (Å²) >= 11 is 6.09. The number of piperazine rings is 1. The van der Waals surface area contributed by atoms with E-state index in [0.29, 0.717) is 23.4 Å². The predicted octanol–water partition coefficient (Wildman–Crippen LogP) is 1.59. The number of hydrogen-bond acceptors (Lipinski definition) is 7. The molecule has 10 heteroatoms. The minimum Gasteiger partial charge on any atom is -0.369 e. The summed E-state index contributed by atoms with van der Waals surface area (Å²) in [6.45, 7) is 8.24. The summed E-state index contributed by atoms with van der Waals surface area (Å²) in [5, 5.41) is 12.3. The first-order chi connectivity index (χ1) is 14.9. The fraction of sp³-hybridized carbons (Fsp3) is 0.429. The van der Waals surface area contributed by atoms with Crippen molar-refractivity contribution in [2.75, 3.05) is 44.2 Å². The van der Waals surface area contributed by atoms with Gasteiger partial charge in [0.15, 0.2) is 5.52 Å². The van der Waals surface area contributed by atoms with Crippen molar-refractivity contribution in [3.05, 3.63) is 51.1 Å². The number of nitrogens with zero attached hydrogens (tertiary/aromatic N) is 5. The van der Waals surface area contributed by atoms with E-state index in [9.17, 15) is 9.59 Å². The lowest BCUT2D eigenvalue weighted by Gasteiger charge is -2.36. The average Bonchev–Trinajstić information content (AvgIpc) is 3.15. The highest BCUT2D eigenvalue weighted by Gasteiger charge is 2.18. The Bertz CT molecular complexity index is 1150. The van der Waals surface area contributed by atoms with E-state index in [1.54, 1.807) is 13.8 Å². The average molecular weight is 445 g/mol. The maximum atomic E-state index is 12.5. The number of amides is 1. The highest BCUT2D eigenvalue weighted by molar-refractivity contribution is 6.30. The number of aromatic nitrogens is 3. The van der Waals surface area contributed by atoms with E-state index in [1.165, 1.54) is 0 Å². The van der Waals surface area contributed by atoms with Crippen LogP contribution in [-0.4, -0.2) is 65.0 Å². The van der Waals surface area contributed by atoms with Gasteiger partial charge in [-0.1, -0.05) is 22.8 Å². The molecule has 1 aromatic carbocycles. The van der Waals surface area contributed by atoms with E-state index in [0.717, 1.165) is 48.1 Å². The van der Waals surface area contributed by atoms with Crippen LogP contribution in [0.25, 0.3) is 10.9 Å². The molecule has 0 spiro atoms. The first-order valence-corrected chi connectivity index (χ1v) is 10.6. The molecule has 2 aromatic heterocycles. The molecule has 31 heavy (non-hydrogen) atoms. The Kier molecular flexibility index (Phi) is 6.24. The summed E-state index contributed by atoms with van der Waals surface area (Å²) in [4.78, 5) is 29.4. The molecule has 0 aliphatic carbocycles. The van der Waals surface area contributed by atoms with Gasteiger partial charge in [-0.05, 0) is 32.0 Å². The number of aryl methyl sites for hydroxylation is 2. The molecule has 3 aromatic rings. The van der Waals surface area contributed by atoms with Gasteiger partial charge < -0.3 is 14.7 Å². The lowest BCUT2D eigenvalue weighted by molar-refractivity contribution is -0.121. The normalized spacial score (nSPS) is 14.9. The summed E-state index contributed by atoms with van der Waals surface area (Å²) in [6.07, 6.45) is 0. The lowest BCUT2D eigenvalue weighted by Crippen LogP contribution is -2.48. The molecule has 1 fully saturated rings. The van der Waals surface area contributed by atoms with Crippen molar-refractivity contribution in [3.63, 3.8) is 0 Å². The lowest BCUT2D eigenvalue weighted by atomic mass is 10.2. The summed E-state index contributed by atoms with van der Waals surface area (Å²) in [6, 6.07) is 7.88. The number of benzene rings is 1. The molecular weight excluding hydrogens is 420 g/mol. The molecule has 0 atom stereocenters. The van der Waals surface area contributed by atoms with Crippen LogP contribution in [0.2, 0.25) is 5.02 Å². The number of carbonyl (C=O) groups excluding carboxylic acids is 1. The van der Waals surface area contributed by atoms with Gasteiger partial charge in [0.25, 0.3) is 5.56 Å². The zero-order chi connectivity index (χ0) is 22.0. The van der Waals surface area contributed by atoms with Crippen LogP contribution in [0.5, 0.6) is 0 Å². The van der Waals surface area contributed by atoms with Gasteiger partial charge in [-0.15, -0.1) is 0 Å². The maximum Gasteiger partial charge on any atom is 0.297 e. The van der Waals surface area contributed by atoms with Crippen molar-refractivity contribution in [3.8, 4) is 0 Å². The Labute approximate surface area is 184 Å². The quantitative estimate of drug-likeness (QED) is 0.616. The third kappa shape index (κ3) is 4.72. The highest BCUT2D eigenvalue weighted by Crippen LogP contribution is 2.20.